The van der Waals surface area contributed by atoms with Gasteiger partial charge in [-0.05, 0) is 38.8 Å². The predicted octanol–water partition coefficient (Wildman–Crippen LogP) is 6.26. The number of aryl methyl sites for hydroxylation is 2. The van der Waals surface area contributed by atoms with Crippen molar-refractivity contribution >= 4 is 17.0 Å². The monoisotopic (exact) mass is 515 g/mol. The lowest BCUT2D eigenvalue weighted by Crippen LogP contribution is -2.35. The number of carboxylic acid groups (broad SMARTS) is 1. The van der Waals surface area contributed by atoms with Crippen LogP contribution in [0.25, 0.3) is 11.0 Å². The molecule has 0 fully saturated rings. The molecule has 0 aromatic carbocycles. The molecule has 6 heteroatoms. The summed E-state index contributed by atoms with van der Waals surface area (Å²) in [6.07, 6.45) is 21.7. The number of carboxylic acids is 1. The first-order chi connectivity index (χ1) is 17.6. The van der Waals surface area contributed by atoms with Crippen LogP contribution in [0.15, 0.2) is 23.1 Å². The van der Waals surface area contributed by atoms with Crippen molar-refractivity contribution in [3.63, 3.8) is 0 Å². The zero-order valence-electron chi connectivity index (χ0n) is 24.6. The number of aromatic nitrogens is 2. The topological polar surface area (TPSA) is 75.0 Å². The van der Waals surface area contributed by atoms with E-state index in [1.54, 1.807) is 16.7 Å². The van der Waals surface area contributed by atoms with Crippen LogP contribution in [0, 0.1) is 6.92 Å². The molecule has 2 aromatic rings. The summed E-state index contributed by atoms with van der Waals surface area (Å²) in [4.78, 5) is 27.0. The van der Waals surface area contributed by atoms with Crippen molar-refractivity contribution in [2.24, 2.45) is 0 Å². The second kappa shape index (κ2) is 18.1. The van der Waals surface area contributed by atoms with Crippen LogP contribution in [0.3, 0.4) is 0 Å². The van der Waals surface area contributed by atoms with Gasteiger partial charge in [0.25, 0.3) is 0 Å². The number of aromatic carboxylic acids is 1. The number of pyridine rings is 2. The van der Waals surface area contributed by atoms with Crippen LogP contribution in [0.2, 0.25) is 0 Å². The van der Waals surface area contributed by atoms with E-state index >= 15 is 0 Å². The molecule has 2 rings (SSSR count). The molecule has 2 aromatic heterocycles. The van der Waals surface area contributed by atoms with E-state index in [2.05, 4.69) is 33.1 Å². The van der Waals surface area contributed by atoms with Gasteiger partial charge in [0.1, 0.15) is 5.65 Å². The Labute approximate surface area is 225 Å². The highest BCUT2D eigenvalue weighted by Gasteiger charge is 2.10. The molecular formula is C31H53N3O3. The van der Waals surface area contributed by atoms with Gasteiger partial charge in [0.15, 0.2) is 5.43 Å². The lowest BCUT2D eigenvalue weighted by atomic mass is 10.0. The summed E-state index contributed by atoms with van der Waals surface area (Å²) in [5.41, 5.74) is 0.407. The molecular weight excluding hydrogens is 462 g/mol. The summed E-state index contributed by atoms with van der Waals surface area (Å²) in [6, 6.07) is 3.28. The SMILES string of the molecule is CCCCCCCCCCCCCCCC[N+](C)(C)C.CCn1cc(C(=O)[O-])c(=O)c2ccc(C)nc21. The summed E-state index contributed by atoms with van der Waals surface area (Å²) >= 11 is 0. The first kappa shape index (κ1) is 32.8. The van der Waals surface area contributed by atoms with Crippen LogP contribution in [0.4, 0.5) is 0 Å². The van der Waals surface area contributed by atoms with E-state index < -0.39 is 11.4 Å². The van der Waals surface area contributed by atoms with E-state index in [9.17, 15) is 14.7 Å². The van der Waals surface area contributed by atoms with Crippen LogP contribution in [0.1, 0.15) is 120 Å². The second-order valence-corrected chi connectivity index (χ2v) is 11.4. The molecule has 0 saturated carbocycles. The molecule has 6 nitrogen and oxygen atoms in total. The Balaban J connectivity index is 0.000000373. The fourth-order valence-corrected chi connectivity index (χ4v) is 4.53. The standard InChI is InChI=1S/C19H42N.C12H12N2O3/c1-5-6-7-8-9-10-11-12-13-14-15-16-17-18-19-20(2,3)4;1-3-14-6-9(12(16)17)10(15)8-5-4-7(2)13-11(8)14/h5-19H2,1-4H3;4-6H,3H2,1-2H3,(H,16,17)/q+1;/p-1. The fourth-order valence-electron chi connectivity index (χ4n) is 4.53. The average Bonchev–Trinajstić information content (AvgIpc) is 2.84. The van der Waals surface area contributed by atoms with E-state index in [0.29, 0.717) is 17.6 Å². The minimum absolute atomic E-state index is 0.305. The molecule has 0 amide bonds. The van der Waals surface area contributed by atoms with Gasteiger partial charge < -0.3 is 19.0 Å². The van der Waals surface area contributed by atoms with Crippen molar-refractivity contribution in [2.75, 3.05) is 27.7 Å². The lowest BCUT2D eigenvalue weighted by Gasteiger charge is -2.23. The number of hydrogen-bond acceptors (Lipinski definition) is 4. The van der Waals surface area contributed by atoms with Gasteiger partial charge in [-0.1, -0.05) is 84.0 Å². The second-order valence-electron chi connectivity index (χ2n) is 11.4. The molecule has 0 N–H and O–H groups in total. The number of fused-ring (bicyclic) bond motifs is 1. The molecule has 2 heterocycles. The Hall–Kier alpha value is -2.21. The summed E-state index contributed by atoms with van der Waals surface area (Å²) < 4.78 is 2.76. The van der Waals surface area contributed by atoms with Gasteiger partial charge >= 0.3 is 0 Å². The molecule has 0 saturated heterocycles. The summed E-state index contributed by atoms with van der Waals surface area (Å²) in [5.74, 6) is -1.46. The highest BCUT2D eigenvalue weighted by Crippen LogP contribution is 2.13. The highest BCUT2D eigenvalue weighted by molar-refractivity contribution is 5.90. The third kappa shape index (κ3) is 13.8. The first-order valence-corrected chi connectivity index (χ1v) is 14.6. The van der Waals surface area contributed by atoms with Crippen LogP contribution >= 0.6 is 0 Å². The maximum Gasteiger partial charge on any atom is 0.200 e. The molecule has 0 spiro atoms. The first-order valence-electron chi connectivity index (χ1n) is 14.6. The van der Waals surface area contributed by atoms with Crippen molar-refractivity contribution in [3.05, 3.63) is 39.8 Å². The molecule has 0 radical (unpaired) electrons. The third-order valence-electron chi connectivity index (χ3n) is 6.80. The maximum absolute atomic E-state index is 11.9. The highest BCUT2D eigenvalue weighted by atomic mass is 16.4. The van der Waals surface area contributed by atoms with Crippen LogP contribution in [0.5, 0.6) is 0 Å². The summed E-state index contributed by atoms with van der Waals surface area (Å²) in [5, 5.41) is 11.2. The summed E-state index contributed by atoms with van der Waals surface area (Å²) in [7, 11) is 6.88. The van der Waals surface area contributed by atoms with Gasteiger partial charge in [-0.2, -0.15) is 0 Å². The van der Waals surface area contributed by atoms with Crippen molar-refractivity contribution in [2.45, 2.75) is 117 Å². The Morgan fingerprint density at radius 1 is 0.838 bits per heavy atom. The average molecular weight is 516 g/mol. The van der Waals surface area contributed by atoms with Crippen molar-refractivity contribution in [1.82, 2.24) is 9.55 Å². The fraction of sp³-hybridized carbons (Fsp3) is 0.710. The van der Waals surface area contributed by atoms with Crippen LogP contribution in [-0.2, 0) is 6.54 Å². The normalized spacial score (nSPS) is 11.4. The molecule has 0 bridgehead atoms. The van der Waals surface area contributed by atoms with Gasteiger partial charge in [0.2, 0.25) is 0 Å². The molecule has 0 aliphatic heterocycles. The Kier molecular flexibility index (Phi) is 16.1. The molecule has 210 valence electrons. The van der Waals surface area contributed by atoms with Crippen LogP contribution in [-0.4, -0.2) is 47.7 Å². The maximum atomic E-state index is 11.9. The van der Waals surface area contributed by atoms with Crippen LogP contribution < -0.4 is 10.5 Å². The van der Waals surface area contributed by atoms with E-state index in [0.717, 1.165) is 10.2 Å². The van der Waals surface area contributed by atoms with Gasteiger partial charge in [-0.3, -0.25) is 4.79 Å². The van der Waals surface area contributed by atoms with E-state index in [1.165, 1.54) is 103 Å². The van der Waals surface area contributed by atoms with E-state index in [4.69, 9.17) is 0 Å². The number of quaternary nitrogens is 1. The summed E-state index contributed by atoms with van der Waals surface area (Å²) in [6.45, 7) is 7.83. The number of hydrogen-bond donors (Lipinski definition) is 0. The van der Waals surface area contributed by atoms with Crippen molar-refractivity contribution in [1.29, 1.82) is 0 Å². The minimum Gasteiger partial charge on any atom is -0.545 e. The smallest absolute Gasteiger partial charge is 0.200 e. The number of rotatable bonds is 17. The molecule has 37 heavy (non-hydrogen) atoms. The zero-order valence-corrected chi connectivity index (χ0v) is 24.6. The van der Waals surface area contributed by atoms with Gasteiger partial charge in [0, 0.05) is 18.4 Å². The van der Waals surface area contributed by atoms with Gasteiger partial charge in [-0.15, -0.1) is 0 Å². The quantitative estimate of drug-likeness (QED) is 0.184. The molecule has 0 atom stereocenters. The van der Waals surface area contributed by atoms with Crippen molar-refractivity contribution < 1.29 is 14.4 Å². The lowest BCUT2D eigenvalue weighted by molar-refractivity contribution is -0.870. The van der Waals surface area contributed by atoms with Crippen molar-refractivity contribution in [3.8, 4) is 0 Å². The van der Waals surface area contributed by atoms with E-state index in [1.807, 2.05) is 13.8 Å². The third-order valence-corrected chi connectivity index (χ3v) is 6.80. The zero-order chi connectivity index (χ0) is 27.7. The number of carbonyl (C=O) groups is 1. The number of unbranched alkanes of at least 4 members (excludes halogenated alkanes) is 13. The Morgan fingerprint density at radius 2 is 1.32 bits per heavy atom. The van der Waals surface area contributed by atoms with E-state index in [-0.39, 0.29) is 5.56 Å². The molecule has 0 aliphatic carbocycles. The van der Waals surface area contributed by atoms with Gasteiger partial charge in [-0.25, -0.2) is 4.98 Å². The number of carbonyl (C=O) groups excluding carboxylic acids is 1. The molecule has 0 unspecified atom stereocenters. The largest absolute Gasteiger partial charge is 0.545 e. The van der Waals surface area contributed by atoms with Gasteiger partial charge in [0.05, 0.1) is 44.6 Å². The Bertz CT molecular complexity index is 976. The minimum atomic E-state index is -1.46. The predicted molar refractivity (Wildman–Crippen MR) is 154 cm³/mol. The Morgan fingerprint density at radius 3 is 1.76 bits per heavy atom. The molecule has 0 aliphatic rings. The number of nitrogens with zero attached hydrogens (tertiary/aromatic N) is 3.